The predicted octanol–water partition coefficient (Wildman–Crippen LogP) is 2.24. The summed E-state index contributed by atoms with van der Waals surface area (Å²) in [5, 5.41) is 3.34. The Morgan fingerprint density at radius 2 is 2.22 bits per heavy atom. The number of nitrogens with zero attached hydrogens (tertiary/aromatic N) is 2. The molecule has 5 nitrogen and oxygen atoms in total. The van der Waals surface area contributed by atoms with E-state index in [9.17, 15) is 0 Å². The van der Waals surface area contributed by atoms with Crippen LogP contribution in [0.2, 0.25) is 0 Å². The largest absolute Gasteiger partial charge is 0.475 e. The van der Waals surface area contributed by atoms with Crippen molar-refractivity contribution < 1.29 is 9.47 Å². The number of aromatic nitrogens is 2. The van der Waals surface area contributed by atoms with Gasteiger partial charge < -0.3 is 14.8 Å². The van der Waals surface area contributed by atoms with Crippen LogP contribution in [-0.2, 0) is 4.74 Å². The fourth-order valence-electron chi connectivity index (χ4n) is 2.05. The lowest BCUT2D eigenvalue weighted by Crippen LogP contribution is -2.30. The van der Waals surface area contributed by atoms with Crippen molar-refractivity contribution in [1.82, 2.24) is 9.97 Å². The molecule has 2 unspecified atom stereocenters. The molecule has 1 aliphatic rings. The molecule has 1 fully saturated rings. The molecular weight excluding hydrogens is 230 g/mol. The minimum absolute atomic E-state index is 0.114. The standard InChI is InChI=1S/C13H21N3O2/c1-9(2)18-13-7-12(14-8-15-13)16-10(3)11-5-4-6-17-11/h7-11H,4-6H2,1-3H3,(H,14,15,16). The molecule has 1 saturated heterocycles. The van der Waals surface area contributed by atoms with Crippen molar-refractivity contribution >= 4 is 5.82 Å². The number of hydrogen-bond acceptors (Lipinski definition) is 5. The summed E-state index contributed by atoms with van der Waals surface area (Å²) in [6.45, 7) is 6.93. The second kappa shape index (κ2) is 6.00. The summed E-state index contributed by atoms with van der Waals surface area (Å²) < 4.78 is 11.2. The molecule has 0 radical (unpaired) electrons. The highest BCUT2D eigenvalue weighted by Crippen LogP contribution is 2.19. The lowest BCUT2D eigenvalue weighted by Gasteiger charge is -2.20. The second-order valence-corrected chi connectivity index (χ2v) is 4.89. The van der Waals surface area contributed by atoms with E-state index in [0.29, 0.717) is 5.88 Å². The number of anilines is 1. The van der Waals surface area contributed by atoms with Gasteiger partial charge in [-0.25, -0.2) is 9.97 Å². The van der Waals surface area contributed by atoms with E-state index in [4.69, 9.17) is 9.47 Å². The molecule has 1 aliphatic heterocycles. The highest BCUT2D eigenvalue weighted by molar-refractivity contribution is 5.38. The molecule has 100 valence electrons. The maximum atomic E-state index is 5.64. The molecule has 0 bridgehead atoms. The van der Waals surface area contributed by atoms with Gasteiger partial charge in [-0.15, -0.1) is 0 Å². The third-order valence-electron chi connectivity index (χ3n) is 2.90. The molecule has 1 aromatic heterocycles. The van der Waals surface area contributed by atoms with Crippen LogP contribution >= 0.6 is 0 Å². The lowest BCUT2D eigenvalue weighted by atomic mass is 10.1. The fourth-order valence-corrected chi connectivity index (χ4v) is 2.05. The second-order valence-electron chi connectivity index (χ2n) is 4.89. The number of hydrogen-bond donors (Lipinski definition) is 1. The van der Waals surface area contributed by atoms with Crippen molar-refractivity contribution in [2.24, 2.45) is 0 Å². The third kappa shape index (κ3) is 3.57. The van der Waals surface area contributed by atoms with Gasteiger partial charge in [0.05, 0.1) is 18.2 Å². The first kappa shape index (κ1) is 13.1. The van der Waals surface area contributed by atoms with E-state index in [1.54, 1.807) is 0 Å². The molecule has 0 amide bonds. The number of rotatable bonds is 5. The molecule has 0 spiro atoms. The maximum Gasteiger partial charge on any atom is 0.218 e. The maximum absolute atomic E-state index is 5.64. The fraction of sp³-hybridized carbons (Fsp3) is 0.692. The van der Waals surface area contributed by atoms with E-state index in [2.05, 4.69) is 22.2 Å². The summed E-state index contributed by atoms with van der Waals surface area (Å²) in [5.74, 6) is 1.38. The van der Waals surface area contributed by atoms with Crippen molar-refractivity contribution in [2.45, 2.75) is 51.9 Å². The molecule has 1 aromatic rings. The molecule has 5 heteroatoms. The minimum atomic E-state index is 0.114. The summed E-state index contributed by atoms with van der Waals surface area (Å²) in [6.07, 6.45) is 4.15. The van der Waals surface area contributed by atoms with Gasteiger partial charge in [0.1, 0.15) is 12.1 Å². The smallest absolute Gasteiger partial charge is 0.218 e. The summed E-state index contributed by atoms with van der Waals surface area (Å²) in [6, 6.07) is 2.07. The van der Waals surface area contributed by atoms with Crippen LogP contribution in [0.5, 0.6) is 5.88 Å². The van der Waals surface area contributed by atoms with Gasteiger partial charge in [-0.2, -0.15) is 0 Å². The van der Waals surface area contributed by atoms with Gasteiger partial charge >= 0.3 is 0 Å². The van der Waals surface area contributed by atoms with Crippen molar-refractivity contribution in [3.8, 4) is 5.88 Å². The Labute approximate surface area is 108 Å². The van der Waals surface area contributed by atoms with E-state index >= 15 is 0 Å². The number of ether oxygens (including phenoxy) is 2. The molecule has 0 aliphatic carbocycles. The van der Waals surface area contributed by atoms with E-state index in [1.807, 2.05) is 19.9 Å². The van der Waals surface area contributed by atoms with Gasteiger partial charge in [-0.3, -0.25) is 0 Å². The molecule has 0 saturated carbocycles. The Bertz CT molecular complexity index is 378. The molecule has 2 rings (SSSR count). The SMILES string of the molecule is CC(C)Oc1cc(NC(C)C2CCCO2)ncn1. The van der Waals surface area contributed by atoms with Crippen LogP contribution in [0.4, 0.5) is 5.82 Å². The highest BCUT2D eigenvalue weighted by Gasteiger charge is 2.22. The zero-order valence-electron chi connectivity index (χ0n) is 11.2. The molecule has 0 aromatic carbocycles. The normalized spacial score (nSPS) is 21.0. The van der Waals surface area contributed by atoms with Crippen LogP contribution < -0.4 is 10.1 Å². The molecule has 1 N–H and O–H groups in total. The van der Waals surface area contributed by atoms with Crippen LogP contribution in [0.3, 0.4) is 0 Å². The average Bonchev–Trinajstić information content (AvgIpc) is 2.81. The van der Waals surface area contributed by atoms with Crippen LogP contribution in [0.25, 0.3) is 0 Å². The van der Waals surface area contributed by atoms with E-state index in [0.717, 1.165) is 25.3 Å². The predicted molar refractivity (Wildman–Crippen MR) is 69.9 cm³/mol. The minimum Gasteiger partial charge on any atom is -0.475 e. The van der Waals surface area contributed by atoms with Gasteiger partial charge in [0, 0.05) is 12.7 Å². The van der Waals surface area contributed by atoms with Crippen LogP contribution in [-0.4, -0.2) is 34.8 Å². The Morgan fingerprint density at radius 3 is 2.89 bits per heavy atom. The monoisotopic (exact) mass is 251 g/mol. The van der Waals surface area contributed by atoms with E-state index in [1.165, 1.54) is 6.33 Å². The topological polar surface area (TPSA) is 56.3 Å². The molecule has 18 heavy (non-hydrogen) atoms. The van der Waals surface area contributed by atoms with E-state index in [-0.39, 0.29) is 18.2 Å². The summed E-state index contributed by atoms with van der Waals surface area (Å²) in [5.41, 5.74) is 0. The van der Waals surface area contributed by atoms with Gasteiger partial charge in [0.2, 0.25) is 5.88 Å². The first-order valence-electron chi connectivity index (χ1n) is 6.52. The van der Waals surface area contributed by atoms with Gasteiger partial charge in [0.25, 0.3) is 0 Å². The van der Waals surface area contributed by atoms with Gasteiger partial charge in [-0.05, 0) is 33.6 Å². The quantitative estimate of drug-likeness (QED) is 0.869. The molecule has 2 atom stereocenters. The van der Waals surface area contributed by atoms with Crippen molar-refractivity contribution in [1.29, 1.82) is 0 Å². The zero-order valence-corrected chi connectivity index (χ0v) is 11.2. The van der Waals surface area contributed by atoms with Crippen LogP contribution in [0, 0.1) is 0 Å². The molecular formula is C13H21N3O2. The Morgan fingerprint density at radius 1 is 1.39 bits per heavy atom. The van der Waals surface area contributed by atoms with Gasteiger partial charge in [0.15, 0.2) is 0 Å². The average molecular weight is 251 g/mol. The summed E-state index contributed by atoms with van der Waals surface area (Å²) >= 11 is 0. The Hall–Kier alpha value is -1.36. The van der Waals surface area contributed by atoms with Crippen molar-refractivity contribution in [3.05, 3.63) is 12.4 Å². The van der Waals surface area contributed by atoms with Crippen LogP contribution in [0.15, 0.2) is 12.4 Å². The Kier molecular flexibility index (Phi) is 4.36. The molecule has 2 heterocycles. The highest BCUT2D eigenvalue weighted by atomic mass is 16.5. The van der Waals surface area contributed by atoms with Crippen molar-refractivity contribution in [2.75, 3.05) is 11.9 Å². The van der Waals surface area contributed by atoms with Crippen molar-refractivity contribution in [3.63, 3.8) is 0 Å². The summed E-state index contributed by atoms with van der Waals surface area (Å²) in [7, 11) is 0. The Balaban J connectivity index is 1.95. The van der Waals surface area contributed by atoms with Gasteiger partial charge in [-0.1, -0.05) is 0 Å². The number of nitrogens with one attached hydrogen (secondary N) is 1. The lowest BCUT2D eigenvalue weighted by molar-refractivity contribution is 0.0995. The van der Waals surface area contributed by atoms with E-state index < -0.39 is 0 Å². The summed E-state index contributed by atoms with van der Waals surface area (Å²) in [4.78, 5) is 8.28. The van der Waals surface area contributed by atoms with Crippen LogP contribution in [0.1, 0.15) is 33.6 Å². The first-order chi connectivity index (χ1) is 8.65. The third-order valence-corrected chi connectivity index (χ3v) is 2.90. The zero-order chi connectivity index (χ0) is 13.0. The first-order valence-corrected chi connectivity index (χ1v) is 6.52.